The van der Waals surface area contributed by atoms with Crippen LogP contribution >= 0.6 is 0 Å². The number of aryl methyl sites for hydroxylation is 1. The molecule has 2 aromatic rings. The highest BCUT2D eigenvalue weighted by Gasteiger charge is 2.34. The van der Waals surface area contributed by atoms with Gasteiger partial charge < -0.3 is 30.0 Å². The predicted octanol–water partition coefficient (Wildman–Crippen LogP) is 3.72. The van der Waals surface area contributed by atoms with Gasteiger partial charge in [0.25, 0.3) is 0 Å². The molecule has 1 amide bonds. The molecular formula is C30H42N2O5. The monoisotopic (exact) mass is 510 g/mol. The zero-order valence-corrected chi connectivity index (χ0v) is 22.4. The third-order valence-corrected chi connectivity index (χ3v) is 7.19. The van der Waals surface area contributed by atoms with Crippen molar-refractivity contribution < 1.29 is 24.1 Å². The van der Waals surface area contributed by atoms with Crippen molar-refractivity contribution >= 4 is 5.91 Å². The number of hydrogen-bond donors (Lipinski definition) is 3. The summed E-state index contributed by atoms with van der Waals surface area (Å²) in [6, 6.07) is 15.9. The number of carbonyl (C=O) groups excluding carboxylic acids is 1. The van der Waals surface area contributed by atoms with Gasteiger partial charge in [0.1, 0.15) is 18.0 Å². The molecule has 2 aliphatic rings. The van der Waals surface area contributed by atoms with E-state index in [0.717, 1.165) is 49.2 Å². The first kappa shape index (κ1) is 27.6. The molecular weight excluding hydrogens is 468 g/mol. The Bertz CT molecular complexity index is 1010. The molecule has 202 valence electrons. The molecule has 0 aromatic heterocycles. The number of fused-ring (bicyclic) bond motifs is 1. The van der Waals surface area contributed by atoms with Crippen LogP contribution in [0.15, 0.2) is 48.5 Å². The Labute approximate surface area is 220 Å². The first-order chi connectivity index (χ1) is 17.8. The maximum absolute atomic E-state index is 12.8. The van der Waals surface area contributed by atoms with Gasteiger partial charge in [0.15, 0.2) is 0 Å². The molecule has 37 heavy (non-hydrogen) atoms. The molecule has 4 atom stereocenters. The van der Waals surface area contributed by atoms with E-state index in [1.54, 1.807) is 0 Å². The SMILES string of the molecule is CCc1ccc2c(c1)[C@@H](NC[C@@H](O)[C@H](Cc1ccccc1)NC(=O)CO[C@@H]1CCCOC1)CC(C)(C)O2. The first-order valence-electron chi connectivity index (χ1n) is 13.6. The summed E-state index contributed by atoms with van der Waals surface area (Å²) in [6.07, 6.45) is 3.26. The molecule has 2 heterocycles. The van der Waals surface area contributed by atoms with Gasteiger partial charge in [-0.25, -0.2) is 0 Å². The lowest BCUT2D eigenvalue weighted by Crippen LogP contribution is -2.51. The fourth-order valence-corrected chi connectivity index (χ4v) is 5.15. The van der Waals surface area contributed by atoms with E-state index in [2.05, 4.69) is 49.6 Å². The average Bonchev–Trinajstić information content (AvgIpc) is 2.90. The van der Waals surface area contributed by atoms with Crippen LogP contribution in [0.2, 0.25) is 0 Å². The number of hydrogen-bond acceptors (Lipinski definition) is 6. The van der Waals surface area contributed by atoms with Gasteiger partial charge in [0, 0.05) is 31.2 Å². The van der Waals surface area contributed by atoms with Crippen molar-refractivity contribution in [2.75, 3.05) is 26.4 Å². The number of nitrogens with one attached hydrogen (secondary N) is 2. The van der Waals surface area contributed by atoms with Crippen molar-refractivity contribution in [1.82, 2.24) is 10.6 Å². The minimum atomic E-state index is -0.786. The molecule has 7 heteroatoms. The molecule has 1 saturated heterocycles. The molecule has 3 N–H and O–H groups in total. The highest BCUT2D eigenvalue weighted by atomic mass is 16.5. The lowest BCUT2D eigenvalue weighted by Gasteiger charge is -2.39. The van der Waals surface area contributed by atoms with Gasteiger partial charge in [-0.05, 0) is 56.7 Å². The third kappa shape index (κ3) is 8.01. The molecule has 7 nitrogen and oxygen atoms in total. The van der Waals surface area contributed by atoms with Gasteiger partial charge >= 0.3 is 0 Å². The van der Waals surface area contributed by atoms with Gasteiger partial charge in [0.2, 0.25) is 5.91 Å². The highest BCUT2D eigenvalue weighted by molar-refractivity contribution is 5.77. The van der Waals surface area contributed by atoms with Crippen molar-refractivity contribution in [3.8, 4) is 5.75 Å². The van der Waals surface area contributed by atoms with Gasteiger partial charge in [-0.1, -0.05) is 49.4 Å². The first-order valence-corrected chi connectivity index (χ1v) is 13.6. The van der Waals surface area contributed by atoms with Gasteiger partial charge in [-0.2, -0.15) is 0 Å². The predicted molar refractivity (Wildman–Crippen MR) is 144 cm³/mol. The summed E-state index contributed by atoms with van der Waals surface area (Å²) in [7, 11) is 0. The number of aliphatic hydroxyl groups excluding tert-OH is 1. The standard InChI is InChI=1S/C30H42N2O5/c1-4-21-12-13-28-24(15-21)26(17-30(2,3)37-28)31-18-27(33)25(16-22-9-6-5-7-10-22)32-29(34)20-36-23-11-8-14-35-19-23/h5-7,9-10,12-13,15,23,25-27,31,33H,4,8,11,14,16-20H2,1-3H3,(H,32,34)/t23-,25+,26+,27-/m1/s1. The van der Waals surface area contributed by atoms with Crippen LogP contribution in [0.25, 0.3) is 0 Å². The van der Waals surface area contributed by atoms with E-state index in [0.29, 0.717) is 19.6 Å². The quantitative estimate of drug-likeness (QED) is 0.427. The Kier molecular flexibility index (Phi) is 9.60. The van der Waals surface area contributed by atoms with Crippen LogP contribution in [-0.4, -0.2) is 61.2 Å². The number of aliphatic hydroxyl groups is 1. The van der Waals surface area contributed by atoms with Crippen LogP contribution in [0, 0.1) is 0 Å². The van der Waals surface area contributed by atoms with E-state index in [1.165, 1.54) is 5.56 Å². The second kappa shape index (κ2) is 12.9. The Hall–Kier alpha value is -2.45. The summed E-state index contributed by atoms with van der Waals surface area (Å²) in [4.78, 5) is 12.8. The van der Waals surface area contributed by atoms with E-state index in [1.807, 2.05) is 30.3 Å². The van der Waals surface area contributed by atoms with Crippen LogP contribution in [-0.2, 0) is 27.1 Å². The number of benzene rings is 2. The second-order valence-electron chi connectivity index (χ2n) is 10.8. The van der Waals surface area contributed by atoms with E-state index in [4.69, 9.17) is 14.2 Å². The Balaban J connectivity index is 1.41. The zero-order chi connectivity index (χ0) is 26.3. The van der Waals surface area contributed by atoms with Crippen LogP contribution < -0.4 is 15.4 Å². The molecule has 1 fully saturated rings. The summed E-state index contributed by atoms with van der Waals surface area (Å²) in [5.74, 6) is 0.661. The fraction of sp³-hybridized carbons (Fsp3) is 0.567. The fourth-order valence-electron chi connectivity index (χ4n) is 5.15. The summed E-state index contributed by atoms with van der Waals surface area (Å²) in [5, 5.41) is 17.9. The maximum Gasteiger partial charge on any atom is 0.246 e. The lowest BCUT2D eigenvalue weighted by atomic mass is 9.88. The molecule has 2 aromatic carbocycles. The topological polar surface area (TPSA) is 89.1 Å². The van der Waals surface area contributed by atoms with Gasteiger partial charge in [0.05, 0.1) is 24.9 Å². The highest BCUT2D eigenvalue weighted by Crippen LogP contribution is 2.40. The minimum Gasteiger partial charge on any atom is -0.487 e. The Morgan fingerprint density at radius 1 is 1.19 bits per heavy atom. The summed E-state index contributed by atoms with van der Waals surface area (Å²) < 4.78 is 17.4. The molecule has 0 unspecified atom stereocenters. The molecule has 0 saturated carbocycles. The van der Waals surface area contributed by atoms with Crippen molar-refractivity contribution in [2.45, 2.75) is 82.8 Å². The van der Waals surface area contributed by atoms with E-state index >= 15 is 0 Å². The molecule has 0 radical (unpaired) electrons. The van der Waals surface area contributed by atoms with Crippen molar-refractivity contribution in [1.29, 1.82) is 0 Å². The van der Waals surface area contributed by atoms with Crippen LogP contribution in [0.3, 0.4) is 0 Å². The number of carbonyl (C=O) groups is 1. The molecule has 4 rings (SSSR count). The number of amides is 1. The Morgan fingerprint density at radius 3 is 2.73 bits per heavy atom. The van der Waals surface area contributed by atoms with Crippen molar-refractivity contribution in [3.05, 3.63) is 65.2 Å². The summed E-state index contributed by atoms with van der Waals surface area (Å²) >= 11 is 0. The molecule has 0 bridgehead atoms. The van der Waals surface area contributed by atoms with Gasteiger partial charge in [-0.15, -0.1) is 0 Å². The normalized spacial score (nSPS) is 22.4. The van der Waals surface area contributed by atoms with Gasteiger partial charge in [-0.3, -0.25) is 4.79 Å². The molecule has 0 aliphatic carbocycles. The second-order valence-corrected chi connectivity index (χ2v) is 10.8. The minimum absolute atomic E-state index is 0.0409. The molecule has 0 spiro atoms. The smallest absolute Gasteiger partial charge is 0.246 e. The van der Waals surface area contributed by atoms with Crippen LogP contribution in [0.1, 0.15) is 62.8 Å². The average molecular weight is 511 g/mol. The maximum atomic E-state index is 12.8. The largest absolute Gasteiger partial charge is 0.487 e. The van der Waals surface area contributed by atoms with E-state index in [9.17, 15) is 9.90 Å². The van der Waals surface area contributed by atoms with E-state index in [-0.39, 0.29) is 30.3 Å². The van der Waals surface area contributed by atoms with E-state index < -0.39 is 12.1 Å². The third-order valence-electron chi connectivity index (χ3n) is 7.19. The summed E-state index contributed by atoms with van der Waals surface area (Å²) in [6.45, 7) is 7.89. The van der Waals surface area contributed by atoms with Crippen molar-refractivity contribution in [2.24, 2.45) is 0 Å². The lowest BCUT2D eigenvalue weighted by molar-refractivity contribution is -0.132. The zero-order valence-electron chi connectivity index (χ0n) is 22.4. The Morgan fingerprint density at radius 2 is 2.00 bits per heavy atom. The van der Waals surface area contributed by atoms with Crippen LogP contribution in [0.5, 0.6) is 5.75 Å². The molecule has 2 aliphatic heterocycles. The number of rotatable bonds is 11. The van der Waals surface area contributed by atoms with Crippen LogP contribution in [0.4, 0.5) is 0 Å². The van der Waals surface area contributed by atoms with Crippen molar-refractivity contribution in [3.63, 3.8) is 0 Å². The summed E-state index contributed by atoms with van der Waals surface area (Å²) in [5.41, 5.74) is 3.12. The number of ether oxygens (including phenoxy) is 3.